The number of carbonyl (C=O) groups is 2. The normalized spacial score (nSPS) is 11.9. The average molecular weight is 578 g/mol. The van der Waals surface area contributed by atoms with E-state index in [4.69, 9.17) is 0 Å². The molecule has 1 atom stereocenters. The Balaban J connectivity index is 1.77. The number of aromatic nitrogens is 3. The summed E-state index contributed by atoms with van der Waals surface area (Å²) >= 11 is 4.16. The van der Waals surface area contributed by atoms with Crippen LogP contribution in [0.3, 0.4) is 0 Å². The van der Waals surface area contributed by atoms with Crippen LogP contribution in [-0.2, 0) is 11.3 Å². The molecule has 3 rings (SSSR count). The lowest BCUT2D eigenvalue weighted by Crippen LogP contribution is -2.34. The Hall–Kier alpha value is -3.05. The second kappa shape index (κ2) is 12.3. The highest BCUT2D eigenvalue weighted by molar-refractivity contribution is 9.10. The first-order valence-corrected chi connectivity index (χ1v) is 12.9. The van der Waals surface area contributed by atoms with Gasteiger partial charge in [-0.05, 0) is 47.0 Å². The van der Waals surface area contributed by atoms with Gasteiger partial charge in [0.25, 0.3) is 5.91 Å². The molecule has 1 heterocycles. The first-order chi connectivity index (χ1) is 17.1. The van der Waals surface area contributed by atoms with E-state index in [-0.39, 0.29) is 27.7 Å². The zero-order chi connectivity index (χ0) is 26.4. The number of nitrogens with one attached hydrogen (secondary N) is 2. The summed E-state index contributed by atoms with van der Waals surface area (Å²) < 4.78 is 29.2. The Labute approximate surface area is 220 Å². The van der Waals surface area contributed by atoms with Gasteiger partial charge in [0.05, 0.1) is 17.5 Å². The van der Waals surface area contributed by atoms with Crippen molar-refractivity contribution in [3.05, 3.63) is 82.1 Å². The molecule has 2 aromatic carbocycles. The predicted molar refractivity (Wildman–Crippen MR) is 140 cm³/mol. The van der Waals surface area contributed by atoms with E-state index in [0.29, 0.717) is 29.2 Å². The number of thioether (sulfide) groups is 1. The maximum Gasteiger partial charge on any atom is 0.251 e. The quantitative estimate of drug-likeness (QED) is 0.239. The highest BCUT2D eigenvalue weighted by Crippen LogP contribution is 2.28. The predicted octanol–water partition coefficient (Wildman–Crippen LogP) is 5.67. The second-order valence-electron chi connectivity index (χ2n) is 8.39. The molecule has 0 saturated heterocycles. The van der Waals surface area contributed by atoms with Gasteiger partial charge in [0, 0.05) is 22.6 Å². The summed E-state index contributed by atoms with van der Waals surface area (Å²) in [4.78, 5) is 25.4. The molecule has 190 valence electrons. The molecule has 11 heteroatoms. The molecule has 0 fully saturated rings. The van der Waals surface area contributed by atoms with Gasteiger partial charge in [-0.25, -0.2) is 8.78 Å². The van der Waals surface area contributed by atoms with E-state index >= 15 is 0 Å². The number of hydrogen-bond acceptors (Lipinski definition) is 5. The highest BCUT2D eigenvalue weighted by Gasteiger charge is 2.26. The van der Waals surface area contributed by atoms with E-state index in [1.165, 1.54) is 0 Å². The summed E-state index contributed by atoms with van der Waals surface area (Å²) in [5.74, 6) is -1.96. The number of benzene rings is 2. The van der Waals surface area contributed by atoms with E-state index in [1.807, 2.05) is 39.0 Å². The molecule has 7 nitrogen and oxygen atoms in total. The SMILES string of the molecule is C=CCn1c(SCC(=O)Nc2c(F)cc(F)cc2Br)nnc1[C@@H](NC(=O)c1cccc(C)c1)C(C)C. The van der Waals surface area contributed by atoms with Gasteiger partial charge in [-0.3, -0.25) is 9.59 Å². The van der Waals surface area contributed by atoms with Crippen molar-refractivity contribution in [2.45, 2.75) is 38.5 Å². The molecule has 3 aromatic rings. The molecule has 0 aliphatic heterocycles. The number of hydrogen-bond donors (Lipinski definition) is 2. The number of nitrogens with zero attached hydrogens (tertiary/aromatic N) is 3. The van der Waals surface area contributed by atoms with Crippen molar-refractivity contribution in [2.75, 3.05) is 11.1 Å². The molecular formula is C25H26BrF2N5O2S. The number of halogens is 3. The lowest BCUT2D eigenvalue weighted by Gasteiger charge is -2.22. The zero-order valence-corrected chi connectivity index (χ0v) is 22.4. The van der Waals surface area contributed by atoms with Crippen LogP contribution in [0.2, 0.25) is 0 Å². The molecule has 0 aliphatic rings. The maximum atomic E-state index is 14.1. The molecule has 0 aliphatic carbocycles. The zero-order valence-electron chi connectivity index (χ0n) is 20.0. The van der Waals surface area contributed by atoms with Crippen molar-refractivity contribution in [1.82, 2.24) is 20.1 Å². The monoisotopic (exact) mass is 577 g/mol. The van der Waals surface area contributed by atoms with Crippen molar-refractivity contribution in [1.29, 1.82) is 0 Å². The minimum Gasteiger partial charge on any atom is -0.342 e. The van der Waals surface area contributed by atoms with Gasteiger partial charge >= 0.3 is 0 Å². The number of rotatable bonds is 10. The molecule has 36 heavy (non-hydrogen) atoms. The van der Waals surface area contributed by atoms with Gasteiger partial charge in [-0.15, -0.1) is 16.8 Å². The van der Waals surface area contributed by atoms with Crippen LogP contribution in [-0.4, -0.2) is 32.3 Å². The van der Waals surface area contributed by atoms with E-state index in [1.54, 1.807) is 16.7 Å². The van der Waals surface area contributed by atoms with Crippen molar-refractivity contribution in [2.24, 2.45) is 5.92 Å². The van der Waals surface area contributed by atoms with Crippen LogP contribution in [0.4, 0.5) is 14.5 Å². The van der Waals surface area contributed by atoms with Crippen LogP contribution in [0.25, 0.3) is 0 Å². The second-order valence-corrected chi connectivity index (χ2v) is 10.2. The fourth-order valence-corrected chi connectivity index (χ4v) is 4.71. The third-order valence-electron chi connectivity index (χ3n) is 5.17. The van der Waals surface area contributed by atoms with Crippen molar-refractivity contribution < 1.29 is 18.4 Å². The molecule has 0 radical (unpaired) electrons. The molecule has 0 spiro atoms. The molecule has 2 N–H and O–H groups in total. The lowest BCUT2D eigenvalue weighted by atomic mass is 10.0. The smallest absolute Gasteiger partial charge is 0.251 e. The van der Waals surface area contributed by atoms with Gasteiger partial charge in [-0.2, -0.15) is 0 Å². The summed E-state index contributed by atoms with van der Waals surface area (Å²) in [6.07, 6.45) is 1.67. The third kappa shape index (κ3) is 6.79. The molecular weight excluding hydrogens is 552 g/mol. The van der Waals surface area contributed by atoms with Crippen LogP contribution in [0.1, 0.15) is 41.6 Å². The van der Waals surface area contributed by atoms with Gasteiger partial charge < -0.3 is 15.2 Å². The largest absolute Gasteiger partial charge is 0.342 e. The van der Waals surface area contributed by atoms with Crippen LogP contribution < -0.4 is 10.6 Å². The van der Waals surface area contributed by atoms with E-state index in [2.05, 4.69) is 43.3 Å². The fraction of sp³-hybridized carbons (Fsp3) is 0.280. The maximum absolute atomic E-state index is 14.1. The van der Waals surface area contributed by atoms with Crippen molar-refractivity contribution in [3.63, 3.8) is 0 Å². The van der Waals surface area contributed by atoms with Crippen LogP contribution in [0.15, 0.2) is 58.7 Å². The fourth-order valence-electron chi connectivity index (χ4n) is 3.45. The third-order valence-corrected chi connectivity index (χ3v) is 6.76. The van der Waals surface area contributed by atoms with Gasteiger partial charge in [0.2, 0.25) is 5.91 Å². The van der Waals surface area contributed by atoms with Crippen molar-refractivity contribution >= 4 is 45.2 Å². The Morgan fingerprint density at radius 1 is 1.22 bits per heavy atom. The number of anilines is 1. The first kappa shape index (κ1) is 27.5. The van der Waals surface area contributed by atoms with E-state index in [0.717, 1.165) is 23.4 Å². The Kier molecular flexibility index (Phi) is 9.38. The Morgan fingerprint density at radius 2 is 1.97 bits per heavy atom. The van der Waals surface area contributed by atoms with Crippen molar-refractivity contribution in [3.8, 4) is 0 Å². The number of amides is 2. The van der Waals surface area contributed by atoms with E-state index < -0.39 is 23.6 Å². The van der Waals surface area contributed by atoms with Crippen LogP contribution >= 0.6 is 27.7 Å². The number of carbonyl (C=O) groups excluding carboxylic acids is 2. The minimum absolute atomic E-state index is 0.00789. The average Bonchev–Trinajstić information content (AvgIpc) is 3.20. The topological polar surface area (TPSA) is 88.9 Å². The molecule has 0 bridgehead atoms. The summed E-state index contributed by atoms with van der Waals surface area (Å²) in [6.45, 7) is 9.98. The van der Waals surface area contributed by atoms with E-state index in [9.17, 15) is 18.4 Å². The highest BCUT2D eigenvalue weighted by atomic mass is 79.9. The Bertz CT molecular complexity index is 1260. The standard InChI is InChI=1S/C25H26BrF2N5O2S/c1-5-9-33-23(21(14(2)3)30-24(35)16-8-6-7-15(4)10-16)31-32-25(33)36-13-20(34)29-22-18(26)11-17(27)12-19(22)28/h5-8,10-12,14,21H,1,9,13H2,2-4H3,(H,29,34)(H,30,35)/t21-/m0/s1. The van der Waals surface area contributed by atoms with Crippen LogP contribution in [0, 0.1) is 24.5 Å². The molecule has 2 amide bonds. The lowest BCUT2D eigenvalue weighted by molar-refractivity contribution is -0.113. The summed E-state index contributed by atoms with van der Waals surface area (Å²) in [6, 6.07) is 8.61. The summed E-state index contributed by atoms with van der Waals surface area (Å²) in [5.41, 5.74) is 1.37. The molecule has 0 saturated carbocycles. The summed E-state index contributed by atoms with van der Waals surface area (Å²) in [5, 5.41) is 14.5. The van der Waals surface area contributed by atoms with Gasteiger partial charge in [0.15, 0.2) is 16.8 Å². The van der Waals surface area contributed by atoms with Gasteiger partial charge in [0.1, 0.15) is 5.82 Å². The minimum atomic E-state index is -0.888. The van der Waals surface area contributed by atoms with Crippen LogP contribution in [0.5, 0.6) is 0 Å². The van der Waals surface area contributed by atoms with Gasteiger partial charge in [-0.1, -0.05) is 49.4 Å². The summed E-state index contributed by atoms with van der Waals surface area (Å²) in [7, 11) is 0. The number of aryl methyl sites for hydroxylation is 1. The first-order valence-electron chi connectivity index (χ1n) is 11.1. The molecule has 0 unspecified atom stereocenters. The molecule has 1 aromatic heterocycles. The number of allylic oxidation sites excluding steroid dienone is 1. The Morgan fingerprint density at radius 3 is 2.61 bits per heavy atom.